The Labute approximate surface area is 132 Å². The number of nitrogens with zero attached hydrogens (tertiary/aromatic N) is 1. The molecule has 0 bridgehead atoms. The molecule has 1 aromatic carbocycles. The van der Waals surface area contributed by atoms with Crippen molar-refractivity contribution in [2.45, 2.75) is 39.2 Å². The zero-order chi connectivity index (χ0) is 14.5. The molecule has 1 N–H and O–H groups in total. The summed E-state index contributed by atoms with van der Waals surface area (Å²) in [5.74, 6) is 0.672. The number of rotatable bonds is 5. The Morgan fingerprint density at radius 1 is 1.40 bits per heavy atom. The number of likely N-dealkylation sites (tertiary alicyclic amines) is 1. The summed E-state index contributed by atoms with van der Waals surface area (Å²) in [6.07, 6.45) is 3.81. The van der Waals surface area contributed by atoms with Gasteiger partial charge >= 0.3 is 0 Å². The highest BCUT2D eigenvalue weighted by atomic mass is 35.5. The van der Waals surface area contributed by atoms with Crippen molar-refractivity contribution in [1.82, 2.24) is 4.90 Å². The van der Waals surface area contributed by atoms with Gasteiger partial charge in [-0.3, -0.25) is 0 Å². The fourth-order valence-corrected chi connectivity index (χ4v) is 3.33. The summed E-state index contributed by atoms with van der Waals surface area (Å²) >= 11 is 12.3. The summed E-state index contributed by atoms with van der Waals surface area (Å²) in [6, 6.07) is 5.99. The topological polar surface area (TPSA) is 15.3 Å². The van der Waals surface area contributed by atoms with E-state index in [1.165, 1.54) is 38.9 Å². The van der Waals surface area contributed by atoms with E-state index in [0.717, 1.165) is 15.7 Å². The lowest BCUT2D eigenvalue weighted by atomic mass is 9.91. The van der Waals surface area contributed by atoms with Gasteiger partial charge in [0.2, 0.25) is 0 Å². The van der Waals surface area contributed by atoms with Crippen LogP contribution in [0.5, 0.6) is 0 Å². The molecule has 0 amide bonds. The first-order valence-electron chi connectivity index (χ1n) is 7.54. The highest BCUT2D eigenvalue weighted by molar-refractivity contribution is 6.35. The smallest absolute Gasteiger partial charge is 0.0638 e. The highest BCUT2D eigenvalue weighted by Crippen LogP contribution is 2.28. The van der Waals surface area contributed by atoms with Crippen LogP contribution in [0.15, 0.2) is 18.2 Å². The summed E-state index contributed by atoms with van der Waals surface area (Å²) in [4.78, 5) is 2.58. The minimum atomic E-state index is 0.408. The van der Waals surface area contributed by atoms with Gasteiger partial charge in [-0.05, 0) is 63.4 Å². The summed E-state index contributed by atoms with van der Waals surface area (Å²) in [6.45, 7) is 8.13. The Morgan fingerprint density at radius 2 is 2.20 bits per heavy atom. The van der Waals surface area contributed by atoms with Crippen molar-refractivity contribution in [2.75, 3.05) is 25.0 Å². The Balaban J connectivity index is 1.96. The van der Waals surface area contributed by atoms with Crippen molar-refractivity contribution < 1.29 is 0 Å². The maximum absolute atomic E-state index is 6.23. The lowest BCUT2D eigenvalue weighted by Gasteiger charge is -2.36. The molecule has 1 aromatic rings. The molecule has 2 rings (SSSR count). The van der Waals surface area contributed by atoms with Gasteiger partial charge in [0.25, 0.3) is 0 Å². The molecule has 112 valence electrons. The van der Waals surface area contributed by atoms with E-state index in [9.17, 15) is 0 Å². The van der Waals surface area contributed by atoms with Crippen LogP contribution in [-0.4, -0.2) is 30.6 Å². The van der Waals surface area contributed by atoms with Crippen LogP contribution in [0.3, 0.4) is 0 Å². The van der Waals surface area contributed by atoms with Crippen LogP contribution >= 0.6 is 23.2 Å². The van der Waals surface area contributed by atoms with Crippen molar-refractivity contribution in [3.63, 3.8) is 0 Å². The maximum Gasteiger partial charge on any atom is 0.0638 e. The zero-order valence-electron chi connectivity index (χ0n) is 12.3. The number of halogens is 2. The molecule has 2 nitrogen and oxygen atoms in total. The van der Waals surface area contributed by atoms with E-state index in [1.54, 1.807) is 0 Å². The number of nitrogens with one attached hydrogen (secondary N) is 1. The molecule has 0 saturated carbocycles. The SMILES string of the molecule is CCCN1CCCC(C(C)Nc2cc(Cl)ccc2Cl)C1. The van der Waals surface area contributed by atoms with Gasteiger partial charge in [-0.25, -0.2) is 0 Å². The van der Waals surface area contributed by atoms with E-state index in [-0.39, 0.29) is 0 Å². The van der Waals surface area contributed by atoms with Crippen molar-refractivity contribution in [3.05, 3.63) is 28.2 Å². The van der Waals surface area contributed by atoms with Crippen LogP contribution in [0.25, 0.3) is 0 Å². The largest absolute Gasteiger partial charge is 0.381 e. The number of hydrogen-bond acceptors (Lipinski definition) is 2. The molecule has 1 fully saturated rings. The minimum absolute atomic E-state index is 0.408. The normalized spacial score (nSPS) is 21.7. The highest BCUT2D eigenvalue weighted by Gasteiger charge is 2.24. The van der Waals surface area contributed by atoms with Crippen molar-refractivity contribution in [2.24, 2.45) is 5.92 Å². The lowest BCUT2D eigenvalue weighted by molar-refractivity contribution is 0.165. The molecule has 2 atom stereocenters. The molecule has 0 radical (unpaired) electrons. The van der Waals surface area contributed by atoms with Gasteiger partial charge in [-0.1, -0.05) is 30.1 Å². The molecule has 1 aliphatic rings. The summed E-state index contributed by atoms with van der Waals surface area (Å²) in [5, 5.41) is 5.00. The van der Waals surface area contributed by atoms with Crippen molar-refractivity contribution >= 4 is 28.9 Å². The third kappa shape index (κ3) is 4.28. The van der Waals surface area contributed by atoms with Gasteiger partial charge in [0.05, 0.1) is 10.7 Å². The molecule has 20 heavy (non-hydrogen) atoms. The first-order chi connectivity index (χ1) is 9.60. The molecule has 1 aliphatic heterocycles. The molecule has 0 aromatic heterocycles. The molecular weight excluding hydrogens is 291 g/mol. The van der Waals surface area contributed by atoms with Gasteiger partial charge < -0.3 is 10.2 Å². The van der Waals surface area contributed by atoms with Gasteiger partial charge in [0, 0.05) is 17.6 Å². The predicted molar refractivity (Wildman–Crippen MR) is 89.0 cm³/mol. The van der Waals surface area contributed by atoms with E-state index >= 15 is 0 Å². The van der Waals surface area contributed by atoms with Gasteiger partial charge in [-0.2, -0.15) is 0 Å². The molecule has 2 unspecified atom stereocenters. The van der Waals surface area contributed by atoms with E-state index in [0.29, 0.717) is 12.0 Å². The fourth-order valence-electron chi connectivity index (χ4n) is 2.99. The lowest BCUT2D eigenvalue weighted by Crippen LogP contribution is -2.42. The van der Waals surface area contributed by atoms with Crippen molar-refractivity contribution in [1.29, 1.82) is 0 Å². The van der Waals surface area contributed by atoms with Gasteiger partial charge in [0.1, 0.15) is 0 Å². The summed E-state index contributed by atoms with van der Waals surface area (Å²) in [7, 11) is 0. The fraction of sp³-hybridized carbons (Fsp3) is 0.625. The minimum Gasteiger partial charge on any atom is -0.381 e. The number of benzene rings is 1. The van der Waals surface area contributed by atoms with Gasteiger partial charge in [0.15, 0.2) is 0 Å². The van der Waals surface area contributed by atoms with Gasteiger partial charge in [-0.15, -0.1) is 0 Å². The second kappa shape index (κ2) is 7.53. The number of hydrogen-bond donors (Lipinski definition) is 1. The van der Waals surface area contributed by atoms with Crippen LogP contribution in [0, 0.1) is 5.92 Å². The zero-order valence-corrected chi connectivity index (χ0v) is 13.8. The first kappa shape index (κ1) is 15.9. The predicted octanol–water partition coefficient (Wildman–Crippen LogP) is 4.92. The van der Waals surface area contributed by atoms with Crippen LogP contribution in [0.4, 0.5) is 5.69 Å². The average molecular weight is 315 g/mol. The second-order valence-electron chi connectivity index (χ2n) is 5.76. The third-order valence-corrected chi connectivity index (χ3v) is 4.67. The summed E-state index contributed by atoms with van der Waals surface area (Å²) < 4.78 is 0. The number of piperidine rings is 1. The molecule has 0 spiro atoms. The molecule has 4 heteroatoms. The van der Waals surface area contributed by atoms with Crippen LogP contribution in [-0.2, 0) is 0 Å². The molecule has 1 saturated heterocycles. The summed E-state index contributed by atoms with van der Waals surface area (Å²) in [5.41, 5.74) is 0.944. The van der Waals surface area contributed by atoms with Crippen LogP contribution in [0.2, 0.25) is 10.0 Å². The van der Waals surface area contributed by atoms with E-state index in [4.69, 9.17) is 23.2 Å². The van der Waals surface area contributed by atoms with Crippen LogP contribution < -0.4 is 5.32 Å². The van der Waals surface area contributed by atoms with E-state index in [2.05, 4.69) is 24.1 Å². The Morgan fingerprint density at radius 3 is 2.95 bits per heavy atom. The standard InChI is InChI=1S/C16H24Cl2N2/c1-3-8-20-9-4-5-13(11-20)12(2)19-16-10-14(17)6-7-15(16)18/h6-7,10,12-13,19H,3-5,8-9,11H2,1-2H3. The van der Waals surface area contributed by atoms with E-state index < -0.39 is 0 Å². The van der Waals surface area contributed by atoms with E-state index in [1.807, 2.05) is 18.2 Å². The second-order valence-corrected chi connectivity index (χ2v) is 6.60. The Bertz CT molecular complexity index is 434. The maximum atomic E-state index is 6.23. The van der Waals surface area contributed by atoms with Crippen molar-refractivity contribution in [3.8, 4) is 0 Å². The third-order valence-electron chi connectivity index (χ3n) is 4.10. The Hall–Kier alpha value is -0.440. The molecule has 0 aliphatic carbocycles. The quantitative estimate of drug-likeness (QED) is 0.830. The number of anilines is 1. The van der Waals surface area contributed by atoms with Crippen LogP contribution in [0.1, 0.15) is 33.1 Å². The monoisotopic (exact) mass is 314 g/mol. The first-order valence-corrected chi connectivity index (χ1v) is 8.29. The Kier molecular flexibility index (Phi) is 6.01. The molecule has 1 heterocycles. The molecular formula is C16H24Cl2N2. The average Bonchev–Trinajstić information content (AvgIpc) is 2.43.